The molecule has 2 nitrogen and oxygen atoms in total. The van der Waals surface area contributed by atoms with Gasteiger partial charge in [-0.05, 0) is 97.9 Å². The molecular weight excluding hydrogens is 496 g/mol. The molecule has 0 fully saturated rings. The van der Waals surface area contributed by atoms with E-state index in [-0.39, 0.29) is 0 Å². The number of rotatable bonds is 22. The summed E-state index contributed by atoms with van der Waals surface area (Å²) in [6, 6.07) is 8.93. The van der Waals surface area contributed by atoms with E-state index in [1.165, 1.54) is 86.8 Å². The fraction of sp³-hybridized carbons (Fsp3) is 0.667. The third kappa shape index (κ3) is 12.6. The maximum atomic E-state index is 11.2. The molecule has 0 saturated heterocycles. The van der Waals surface area contributed by atoms with Crippen molar-refractivity contribution in [3.8, 4) is 11.5 Å². The quantitative estimate of drug-likeness (QED) is 0.142. The first-order valence-corrected chi connectivity index (χ1v) is 17.2. The highest BCUT2D eigenvalue weighted by Gasteiger charge is 2.15. The molecule has 2 N–H and O–H groups in total. The number of phenols is 2. The Hall–Kier alpha value is -1.61. The standard InChI is InChI=1S/C36H58O2S/c1-5-9-13-17-21-29-25-33(26-30(35(29)37)22-18-14-10-6-2)39-34-27-31(23-19-15-11-7-3)36(38)32(28-34)24-20-16-12-8-4/h25-28,37-38H,5-24H2,1-4H3. The van der Waals surface area contributed by atoms with E-state index in [1.807, 2.05) is 11.8 Å². The lowest BCUT2D eigenvalue weighted by molar-refractivity contribution is 0.456. The van der Waals surface area contributed by atoms with Gasteiger partial charge in [0.1, 0.15) is 11.5 Å². The molecular formula is C36H58O2S. The molecule has 0 amide bonds. The minimum atomic E-state index is 0.534. The fourth-order valence-corrected chi connectivity index (χ4v) is 6.52. The molecule has 0 radical (unpaired) electrons. The van der Waals surface area contributed by atoms with Gasteiger partial charge in [0, 0.05) is 9.79 Å². The van der Waals surface area contributed by atoms with Crippen molar-refractivity contribution in [1.82, 2.24) is 0 Å². The van der Waals surface area contributed by atoms with E-state index in [4.69, 9.17) is 0 Å². The summed E-state index contributed by atoms with van der Waals surface area (Å²) >= 11 is 1.81. The first-order chi connectivity index (χ1) is 19.0. The monoisotopic (exact) mass is 554 g/mol. The fourth-order valence-electron chi connectivity index (χ4n) is 5.44. The van der Waals surface area contributed by atoms with E-state index in [2.05, 4.69) is 52.0 Å². The van der Waals surface area contributed by atoms with E-state index in [9.17, 15) is 10.2 Å². The predicted octanol–water partition coefficient (Wildman–Crippen LogP) is 11.7. The van der Waals surface area contributed by atoms with Crippen LogP contribution in [0.2, 0.25) is 0 Å². The minimum Gasteiger partial charge on any atom is -0.507 e. The average Bonchev–Trinajstić information content (AvgIpc) is 2.93. The van der Waals surface area contributed by atoms with Crippen LogP contribution in [-0.4, -0.2) is 10.2 Å². The van der Waals surface area contributed by atoms with Crippen LogP contribution in [-0.2, 0) is 25.7 Å². The van der Waals surface area contributed by atoms with Gasteiger partial charge in [0.25, 0.3) is 0 Å². The maximum absolute atomic E-state index is 11.2. The molecule has 39 heavy (non-hydrogen) atoms. The van der Waals surface area contributed by atoms with Gasteiger partial charge in [-0.3, -0.25) is 0 Å². The lowest BCUT2D eigenvalue weighted by Gasteiger charge is -2.16. The molecule has 0 unspecified atom stereocenters. The van der Waals surface area contributed by atoms with Gasteiger partial charge >= 0.3 is 0 Å². The van der Waals surface area contributed by atoms with Crippen LogP contribution < -0.4 is 0 Å². The molecule has 0 atom stereocenters. The van der Waals surface area contributed by atoms with Crippen molar-refractivity contribution in [3.63, 3.8) is 0 Å². The van der Waals surface area contributed by atoms with Gasteiger partial charge in [0.15, 0.2) is 0 Å². The van der Waals surface area contributed by atoms with E-state index in [0.717, 1.165) is 73.6 Å². The summed E-state index contributed by atoms with van der Waals surface area (Å²) in [7, 11) is 0. The van der Waals surface area contributed by atoms with Crippen LogP contribution in [0.25, 0.3) is 0 Å². The Morgan fingerprint density at radius 3 is 0.897 bits per heavy atom. The van der Waals surface area contributed by atoms with Crippen LogP contribution in [0.5, 0.6) is 11.5 Å². The Balaban J connectivity index is 2.32. The van der Waals surface area contributed by atoms with Crippen molar-refractivity contribution in [1.29, 1.82) is 0 Å². The third-order valence-electron chi connectivity index (χ3n) is 7.92. The van der Waals surface area contributed by atoms with Crippen LogP contribution in [0.1, 0.15) is 153 Å². The second-order valence-electron chi connectivity index (χ2n) is 11.5. The summed E-state index contributed by atoms with van der Waals surface area (Å²) in [4.78, 5) is 2.45. The Bertz CT molecular complexity index is 794. The highest BCUT2D eigenvalue weighted by molar-refractivity contribution is 7.99. The summed E-state index contributed by atoms with van der Waals surface area (Å²) in [5, 5.41) is 22.3. The molecule has 2 aromatic carbocycles. The molecule has 3 heteroatoms. The van der Waals surface area contributed by atoms with E-state index in [0.29, 0.717) is 11.5 Å². The van der Waals surface area contributed by atoms with Crippen LogP contribution in [0.4, 0.5) is 0 Å². The summed E-state index contributed by atoms with van der Waals surface area (Å²) < 4.78 is 0. The number of phenolic OH excluding ortho intramolecular Hbond substituents is 2. The normalized spacial score (nSPS) is 11.4. The van der Waals surface area contributed by atoms with Crippen LogP contribution >= 0.6 is 11.8 Å². The van der Waals surface area contributed by atoms with Gasteiger partial charge in [-0.1, -0.05) is 117 Å². The van der Waals surface area contributed by atoms with Gasteiger partial charge in [0.2, 0.25) is 0 Å². The summed E-state index contributed by atoms with van der Waals surface area (Å²) in [5.74, 6) is 1.07. The van der Waals surface area contributed by atoms with E-state index < -0.39 is 0 Å². The molecule has 0 aliphatic heterocycles. The Labute approximate surface area is 245 Å². The topological polar surface area (TPSA) is 40.5 Å². The summed E-state index contributed by atoms with van der Waals surface area (Å²) in [6.45, 7) is 8.99. The first-order valence-electron chi connectivity index (χ1n) is 16.4. The van der Waals surface area contributed by atoms with Crippen molar-refractivity contribution in [3.05, 3.63) is 46.5 Å². The highest BCUT2D eigenvalue weighted by atomic mass is 32.2. The van der Waals surface area contributed by atoms with Gasteiger partial charge in [-0.25, -0.2) is 0 Å². The molecule has 0 heterocycles. The highest BCUT2D eigenvalue weighted by Crippen LogP contribution is 2.39. The van der Waals surface area contributed by atoms with Crippen LogP contribution in [0.3, 0.4) is 0 Å². The first kappa shape index (κ1) is 33.6. The zero-order chi connectivity index (χ0) is 28.3. The number of benzene rings is 2. The van der Waals surface area contributed by atoms with Crippen LogP contribution in [0, 0.1) is 0 Å². The van der Waals surface area contributed by atoms with Crippen molar-refractivity contribution >= 4 is 11.8 Å². The molecule has 220 valence electrons. The Morgan fingerprint density at radius 2 is 0.667 bits per heavy atom. The number of hydrogen-bond acceptors (Lipinski definition) is 3. The SMILES string of the molecule is CCCCCCc1cc(Sc2cc(CCCCCC)c(O)c(CCCCCC)c2)cc(CCCCCC)c1O. The van der Waals surface area contributed by atoms with E-state index >= 15 is 0 Å². The summed E-state index contributed by atoms with van der Waals surface area (Å²) in [5.41, 5.74) is 4.44. The Kier molecular flexibility index (Phi) is 17.5. The Morgan fingerprint density at radius 1 is 0.410 bits per heavy atom. The lowest BCUT2D eigenvalue weighted by atomic mass is 9.99. The number of unbranched alkanes of at least 4 members (excludes halogenated alkanes) is 12. The molecule has 2 rings (SSSR count). The molecule has 0 spiro atoms. The summed E-state index contributed by atoms with van der Waals surface area (Å²) in [6.07, 6.45) is 23.2. The number of aryl methyl sites for hydroxylation is 4. The third-order valence-corrected chi connectivity index (χ3v) is 8.86. The second-order valence-corrected chi connectivity index (χ2v) is 12.7. The molecule has 0 saturated carbocycles. The van der Waals surface area contributed by atoms with Crippen molar-refractivity contribution in [2.75, 3.05) is 0 Å². The number of hydrogen-bond donors (Lipinski definition) is 2. The van der Waals surface area contributed by atoms with Gasteiger partial charge in [-0.15, -0.1) is 0 Å². The number of aromatic hydroxyl groups is 2. The van der Waals surface area contributed by atoms with Gasteiger partial charge < -0.3 is 10.2 Å². The minimum absolute atomic E-state index is 0.534. The van der Waals surface area contributed by atoms with Gasteiger partial charge in [0.05, 0.1) is 0 Å². The molecule has 0 aliphatic carbocycles. The van der Waals surface area contributed by atoms with Crippen molar-refractivity contribution in [2.24, 2.45) is 0 Å². The molecule has 0 aromatic heterocycles. The maximum Gasteiger partial charge on any atom is 0.122 e. The smallest absolute Gasteiger partial charge is 0.122 e. The molecule has 0 aliphatic rings. The zero-order valence-electron chi connectivity index (χ0n) is 25.8. The van der Waals surface area contributed by atoms with Gasteiger partial charge in [-0.2, -0.15) is 0 Å². The largest absolute Gasteiger partial charge is 0.507 e. The lowest BCUT2D eigenvalue weighted by Crippen LogP contribution is -1.96. The predicted molar refractivity (Wildman–Crippen MR) is 172 cm³/mol. The molecule has 0 bridgehead atoms. The average molecular weight is 555 g/mol. The van der Waals surface area contributed by atoms with Crippen molar-refractivity contribution < 1.29 is 10.2 Å². The van der Waals surface area contributed by atoms with Crippen molar-refractivity contribution in [2.45, 2.75) is 166 Å². The second kappa shape index (κ2) is 20.3. The van der Waals surface area contributed by atoms with E-state index in [1.54, 1.807) is 0 Å². The zero-order valence-corrected chi connectivity index (χ0v) is 26.6. The molecule has 2 aromatic rings. The van der Waals surface area contributed by atoms with Crippen LogP contribution in [0.15, 0.2) is 34.1 Å².